The van der Waals surface area contributed by atoms with Gasteiger partial charge in [-0.2, -0.15) is 0 Å². The summed E-state index contributed by atoms with van der Waals surface area (Å²) in [6.45, 7) is 6.03. The Balaban J connectivity index is 2.00. The van der Waals surface area contributed by atoms with E-state index in [1.807, 2.05) is 20.8 Å². The van der Waals surface area contributed by atoms with Crippen molar-refractivity contribution in [3.8, 4) is 5.75 Å². The number of amides is 3. The molecule has 20 heavy (non-hydrogen) atoms. The van der Waals surface area contributed by atoms with Crippen LogP contribution in [0.15, 0.2) is 18.2 Å². The standard InChI is InChI=1S/C14H19N3O3/c1-8(2)9(3)15-14(19)16-10-4-5-11-12(6-10)20-7-13(18)17-11/h4-6,8-9H,7H2,1-3H3,(H,17,18)(H2,15,16,19). The lowest BCUT2D eigenvalue weighted by atomic mass is 10.1. The van der Waals surface area contributed by atoms with E-state index in [1.165, 1.54) is 0 Å². The lowest BCUT2D eigenvalue weighted by Crippen LogP contribution is -2.39. The van der Waals surface area contributed by atoms with Crippen molar-refractivity contribution in [3.05, 3.63) is 18.2 Å². The fourth-order valence-corrected chi connectivity index (χ4v) is 1.69. The van der Waals surface area contributed by atoms with E-state index < -0.39 is 0 Å². The molecule has 1 aromatic rings. The van der Waals surface area contributed by atoms with Crippen LogP contribution in [0.3, 0.4) is 0 Å². The topological polar surface area (TPSA) is 79.5 Å². The van der Waals surface area contributed by atoms with Crippen LogP contribution < -0.4 is 20.7 Å². The number of carbonyl (C=O) groups is 2. The minimum Gasteiger partial charge on any atom is -0.482 e. The molecule has 1 aliphatic rings. The Bertz CT molecular complexity index is 528. The van der Waals surface area contributed by atoms with Crippen LogP contribution in [0.4, 0.5) is 16.2 Å². The van der Waals surface area contributed by atoms with Crippen molar-refractivity contribution in [2.45, 2.75) is 26.8 Å². The number of rotatable bonds is 3. The molecular weight excluding hydrogens is 258 g/mol. The van der Waals surface area contributed by atoms with Crippen molar-refractivity contribution in [2.24, 2.45) is 5.92 Å². The quantitative estimate of drug-likeness (QED) is 0.792. The normalized spacial score (nSPS) is 14.9. The number of anilines is 2. The summed E-state index contributed by atoms with van der Waals surface area (Å²) >= 11 is 0. The van der Waals surface area contributed by atoms with Crippen molar-refractivity contribution >= 4 is 23.3 Å². The summed E-state index contributed by atoms with van der Waals surface area (Å²) in [7, 11) is 0. The minimum atomic E-state index is -0.258. The van der Waals surface area contributed by atoms with Crippen LogP contribution in [0.1, 0.15) is 20.8 Å². The van der Waals surface area contributed by atoms with E-state index in [0.717, 1.165) is 0 Å². The van der Waals surface area contributed by atoms with E-state index in [4.69, 9.17) is 4.74 Å². The Morgan fingerprint density at radius 3 is 2.80 bits per heavy atom. The third-order valence-electron chi connectivity index (χ3n) is 3.23. The molecule has 0 spiro atoms. The molecule has 0 fully saturated rings. The number of carbonyl (C=O) groups excluding carboxylic acids is 2. The van der Waals surface area contributed by atoms with Gasteiger partial charge in [0.1, 0.15) is 5.75 Å². The molecule has 108 valence electrons. The SMILES string of the molecule is CC(C)C(C)NC(=O)Nc1ccc2c(c1)OCC(=O)N2. The van der Waals surface area contributed by atoms with E-state index in [0.29, 0.717) is 23.0 Å². The van der Waals surface area contributed by atoms with Gasteiger partial charge in [-0.3, -0.25) is 4.79 Å². The number of nitrogens with one attached hydrogen (secondary N) is 3. The molecule has 6 nitrogen and oxygen atoms in total. The second-order valence-electron chi connectivity index (χ2n) is 5.18. The fraction of sp³-hybridized carbons (Fsp3) is 0.429. The summed E-state index contributed by atoms with van der Waals surface area (Å²) < 4.78 is 5.29. The zero-order valence-electron chi connectivity index (χ0n) is 11.8. The molecule has 0 saturated heterocycles. The van der Waals surface area contributed by atoms with Crippen molar-refractivity contribution in [2.75, 3.05) is 17.2 Å². The molecule has 0 radical (unpaired) electrons. The predicted octanol–water partition coefficient (Wildman–Crippen LogP) is 2.18. The maximum absolute atomic E-state index is 11.8. The lowest BCUT2D eigenvalue weighted by molar-refractivity contribution is -0.118. The average molecular weight is 277 g/mol. The van der Waals surface area contributed by atoms with Crippen LogP contribution in [-0.2, 0) is 4.79 Å². The highest BCUT2D eigenvalue weighted by molar-refractivity contribution is 5.96. The fourth-order valence-electron chi connectivity index (χ4n) is 1.69. The summed E-state index contributed by atoms with van der Waals surface area (Å²) in [5.74, 6) is 0.740. The molecule has 1 aromatic carbocycles. The van der Waals surface area contributed by atoms with Gasteiger partial charge in [0.25, 0.3) is 5.91 Å². The van der Waals surface area contributed by atoms with Gasteiger partial charge in [0.15, 0.2) is 6.61 Å². The lowest BCUT2D eigenvalue weighted by Gasteiger charge is -2.20. The second-order valence-corrected chi connectivity index (χ2v) is 5.18. The monoisotopic (exact) mass is 277 g/mol. The molecule has 0 saturated carbocycles. The Morgan fingerprint density at radius 2 is 2.10 bits per heavy atom. The predicted molar refractivity (Wildman–Crippen MR) is 77.0 cm³/mol. The van der Waals surface area contributed by atoms with Gasteiger partial charge in [-0.25, -0.2) is 4.79 Å². The van der Waals surface area contributed by atoms with Crippen LogP contribution >= 0.6 is 0 Å². The van der Waals surface area contributed by atoms with E-state index in [2.05, 4.69) is 16.0 Å². The number of fused-ring (bicyclic) bond motifs is 1. The second kappa shape index (κ2) is 5.81. The Labute approximate surface area is 117 Å². The van der Waals surface area contributed by atoms with Crippen molar-refractivity contribution in [1.82, 2.24) is 5.32 Å². The average Bonchev–Trinajstić information content (AvgIpc) is 2.38. The van der Waals surface area contributed by atoms with Crippen LogP contribution in [0, 0.1) is 5.92 Å². The van der Waals surface area contributed by atoms with Gasteiger partial charge in [-0.15, -0.1) is 0 Å². The zero-order chi connectivity index (χ0) is 14.7. The molecule has 0 aromatic heterocycles. The first-order valence-corrected chi connectivity index (χ1v) is 6.60. The first kappa shape index (κ1) is 14.2. The number of ether oxygens (including phenoxy) is 1. The van der Waals surface area contributed by atoms with Gasteiger partial charge < -0.3 is 20.7 Å². The molecule has 0 aliphatic carbocycles. The molecule has 1 unspecified atom stereocenters. The maximum Gasteiger partial charge on any atom is 0.319 e. The van der Waals surface area contributed by atoms with Gasteiger partial charge in [0, 0.05) is 17.8 Å². The van der Waals surface area contributed by atoms with E-state index in [1.54, 1.807) is 18.2 Å². The van der Waals surface area contributed by atoms with Gasteiger partial charge in [0.2, 0.25) is 0 Å². The van der Waals surface area contributed by atoms with E-state index in [9.17, 15) is 9.59 Å². The third-order valence-corrected chi connectivity index (χ3v) is 3.23. The van der Waals surface area contributed by atoms with Gasteiger partial charge in [0.05, 0.1) is 5.69 Å². The Morgan fingerprint density at radius 1 is 1.35 bits per heavy atom. The van der Waals surface area contributed by atoms with Crippen LogP contribution in [-0.4, -0.2) is 24.6 Å². The van der Waals surface area contributed by atoms with Crippen molar-refractivity contribution in [3.63, 3.8) is 0 Å². The smallest absolute Gasteiger partial charge is 0.319 e. The zero-order valence-corrected chi connectivity index (χ0v) is 11.8. The van der Waals surface area contributed by atoms with Gasteiger partial charge in [-0.1, -0.05) is 13.8 Å². The van der Waals surface area contributed by atoms with E-state index in [-0.39, 0.29) is 24.6 Å². The molecule has 1 atom stereocenters. The highest BCUT2D eigenvalue weighted by Crippen LogP contribution is 2.30. The molecule has 6 heteroatoms. The summed E-state index contributed by atoms with van der Waals surface area (Å²) in [5, 5.41) is 8.30. The van der Waals surface area contributed by atoms with E-state index >= 15 is 0 Å². The number of hydrogen-bond donors (Lipinski definition) is 3. The summed E-state index contributed by atoms with van der Waals surface area (Å²) in [6, 6.07) is 4.93. The first-order chi connectivity index (χ1) is 9.45. The minimum absolute atomic E-state index is 0.00691. The molecular formula is C14H19N3O3. The van der Waals surface area contributed by atoms with Gasteiger partial charge >= 0.3 is 6.03 Å². The number of hydrogen-bond acceptors (Lipinski definition) is 3. The summed E-state index contributed by atoms with van der Waals surface area (Å²) in [4.78, 5) is 23.0. The molecule has 1 heterocycles. The molecule has 0 bridgehead atoms. The number of urea groups is 1. The highest BCUT2D eigenvalue weighted by Gasteiger charge is 2.17. The molecule has 3 N–H and O–H groups in total. The van der Waals surface area contributed by atoms with Crippen molar-refractivity contribution in [1.29, 1.82) is 0 Å². The molecule has 1 aliphatic heterocycles. The molecule has 2 rings (SSSR count). The van der Waals surface area contributed by atoms with Crippen LogP contribution in [0.2, 0.25) is 0 Å². The van der Waals surface area contributed by atoms with Crippen LogP contribution in [0.25, 0.3) is 0 Å². The summed E-state index contributed by atoms with van der Waals surface area (Å²) in [6.07, 6.45) is 0. The Kier molecular flexibility index (Phi) is 4.12. The highest BCUT2D eigenvalue weighted by atomic mass is 16.5. The summed E-state index contributed by atoms with van der Waals surface area (Å²) in [5.41, 5.74) is 1.23. The maximum atomic E-state index is 11.8. The van der Waals surface area contributed by atoms with Gasteiger partial charge in [-0.05, 0) is 25.0 Å². The van der Waals surface area contributed by atoms with Crippen molar-refractivity contribution < 1.29 is 14.3 Å². The number of benzene rings is 1. The molecule has 3 amide bonds. The first-order valence-electron chi connectivity index (χ1n) is 6.60. The Hall–Kier alpha value is -2.24. The third kappa shape index (κ3) is 3.40. The van der Waals surface area contributed by atoms with Crippen LogP contribution in [0.5, 0.6) is 5.75 Å². The largest absolute Gasteiger partial charge is 0.482 e.